The molecule has 0 saturated carbocycles. The Morgan fingerprint density at radius 1 is 1.27 bits per heavy atom. The molecule has 2 aromatic rings. The summed E-state index contributed by atoms with van der Waals surface area (Å²) in [7, 11) is 0. The van der Waals surface area contributed by atoms with Crippen LogP contribution < -0.4 is 5.32 Å². The standard InChI is InChI=1S/C20H30N4O.ClH/c1-2-24-15-19(12-22-24)20(25)16-23(13-17-6-4-3-5-7-17)14-18-8-10-21-11-9-18;/h3-7,12,15,18,20-21,25H,2,8-11,13-14,16H2,1H3;1H. The highest BCUT2D eigenvalue weighted by atomic mass is 35.5. The molecule has 1 unspecified atom stereocenters. The molecule has 1 aliphatic heterocycles. The van der Waals surface area contributed by atoms with E-state index < -0.39 is 6.10 Å². The van der Waals surface area contributed by atoms with E-state index in [0.717, 1.165) is 38.3 Å². The summed E-state index contributed by atoms with van der Waals surface area (Å²) in [5.74, 6) is 0.704. The Morgan fingerprint density at radius 2 is 2.00 bits per heavy atom. The van der Waals surface area contributed by atoms with Crippen molar-refractivity contribution in [2.75, 3.05) is 26.2 Å². The first-order chi connectivity index (χ1) is 12.2. The smallest absolute Gasteiger partial charge is 0.0947 e. The third-order valence-electron chi connectivity index (χ3n) is 5.02. The Hall–Kier alpha value is -1.40. The topological polar surface area (TPSA) is 53.3 Å². The minimum Gasteiger partial charge on any atom is -0.387 e. The molecule has 1 atom stereocenters. The van der Waals surface area contributed by atoms with Crippen LogP contribution in [0.5, 0.6) is 0 Å². The van der Waals surface area contributed by atoms with Gasteiger partial charge in [0.25, 0.3) is 0 Å². The number of aliphatic hydroxyl groups excluding tert-OH is 1. The summed E-state index contributed by atoms with van der Waals surface area (Å²) in [6, 6.07) is 10.5. The zero-order valence-corrected chi connectivity index (χ0v) is 16.4. The van der Waals surface area contributed by atoms with Crippen LogP contribution >= 0.6 is 12.4 Å². The molecule has 0 radical (unpaired) electrons. The van der Waals surface area contributed by atoms with E-state index in [2.05, 4.69) is 52.6 Å². The molecule has 3 rings (SSSR count). The summed E-state index contributed by atoms with van der Waals surface area (Å²) in [6.45, 7) is 7.66. The van der Waals surface area contributed by atoms with Crippen LogP contribution in [0.1, 0.15) is 37.0 Å². The number of nitrogens with one attached hydrogen (secondary N) is 1. The minimum absolute atomic E-state index is 0. The Balaban J connectivity index is 0.00000243. The highest BCUT2D eigenvalue weighted by Gasteiger charge is 2.20. The van der Waals surface area contributed by atoms with Crippen molar-refractivity contribution in [3.63, 3.8) is 0 Å². The average molecular weight is 379 g/mol. The van der Waals surface area contributed by atoms with Gasteiger partial charge in [-0.1, -0.05) is 30.3 Å². The number of nitrogens with zero attached hydrogens (tertiary/aromatic N) is 3. The van der Waals surface area contributed by atoms with Gasteiger partial charge in [0, 0.05) is 37.9 Å². The fourth-order valence-corrected chi connectivity index (χ4v) is 3.55. The average Bonchev–Trinajstić information content (AvgIpc) is 3.13. The van der Waals surface area contributed by atoms with Crippen molar-refractivity contribution in [1.29, 1.82) is 0 Å². The van der Waals surface area contributed by atoms with Gasteiger partial charge < -0.3 is 10.4 Å². The predicted octanol–water partition coefficient (Wildman–Crippen LogP) is 2.86. The summed E-state index contributed by atoms with van der Waals surface area (Å²) in [4.78, 5) is 2.40. The lowest BCUT2D eigenvalue weighted by Crippen LogP contribution is -2.37. The zero-order valence-electron chi connectivity index (χ0n) is 15.6. The van der Waals surface area contributed by atoms with Crippen LogP contribution in [0.25, 0.3) is 0 Å². The van der Waals surface area contributed by atoms with Gasteiger partial charge in [-0.15, -0.1) is 12.4 Å². The SMILES string of the molecule is CCn1cc(C(O)CN(Cc2ccccc2)CC2CCNCC2)cn1.Cl. The molecule has 1 aromatic heterocycles. The highest BCUT2D eigenvalue weighted by Crippen LogP contribution is 2.19. The Morgan fingerprint density at radius 3 is 2.65 bits per heavy atom. The number of aryl methyl sites for hydroxylation is 1. The van der Waals surface area contributed by atoms with Gasteiger partial charge in [-0.3, -0.25) is 9.58 Å². The summed E-state index contributed by atoms with van der Waals surface area (Å²) < 4.78 is 1.87. The Labute approximate surface area is 162 Å². The molecule has 0 amide bonds. The molecule has 144 valence electrons. The quantitative estimate of drug-likeness (QED) is 0.741. The number of aromatic nitrogens is 2. The van der Waals surface area contributed by atoms with Crippen LogP contribution in [-0.4, -0.2) is 46.0 Å². The van der Waals surface area contributed by atoms with E-state index in [-0.39, 0.29) is 12.4 Å². The van der Waals surface area contributed by atoms with E-state index >= 15 is 0 Å². The van der Waals surface area contributed by atoms with E-state index in [9.17, 15) is 5.11 Å². The molecule has 2 N–H and O–H groups in total. The maximum absolute atomic E-state index is 10.7. The number of rotatable bonds is 8. The number of benzene rings is 1. The summed E-state index contributed by atoms with van der Waals surface area (Å²) >= 11 is 0. The van der Waals surface area contributed by atoms with Gasteiger partial charge in [0.1, 0.15) is 0 Å². The van der Waals surface area contributed by atoms with Gasteiger partial charge in [-0.25, -0.2) is 0 Å². The molecule has 1 fully saturated rings. The van der Waals surface area contributed by atoms with Crippen LogP contribution in [0, 0.1) is 5.92 Å². The first-order valence-corrected chi connectivity index (χ1v) is 9.42. The Bertz CT molecular complexity index is 628. The fraction of sp³-hybridized carbons (Fsp3) is 0.550. The predicted molar refractivity (Wildman–Crippen MR) is 107 cm³/mol. The number of hydrogen-bond acceptors (Lipinski definition) is 4. The van der Waals surface area contributed by atoms with Crippen LogP contribution in [0.4, 0.5) is 0 Å². The van der Waals surface area contributed by atoms with Crippen molar-refractivity contribution < 1.29 is 5.11 Å². The van der Waals surface area contributed by atoms with Crippen molar-refractivity contribution in [2.24, 2.45) is 5.92 Å². The molecule has 0 bridgehead atoms. The first-order valence-electron chi connectivity index (χ1n) is 9.42. The van der Waals surface area contributed by atoms with Gasteiger partial charge in [0.2, 0.25) is 0 Å². The molecule has 6 heteroatoms. The Kier molecular flexibility index (Phi) is 8.59. The molecule has 2 heterocycles. The van der Waals surface area contributed by atoms with Gasteiger partial charge in [-0.2, -0.15) is 5.10 Å². The molecule has 26 heavy (non-hydrogen) atoms. The van der Waals surface area contributed by atoms with E-state index in [1.807, 2.05) is 10.9 Å². The third kappa shape index (κ3) is 6.09. The van der Waals surface area contributed by atoms with Crippen molar-refractivity contribution >= 4 is 12.4 Å². The second-order valence-corrected chi connectivity index (χ2v) is 7.02. The normalized spacial score (nSPS) is 16.4. The largest absolute Gasteiger partial charge is 0.387 e. The molecular formula is C20H31ClN4O. The molecule has 5 nitrogen and oxygen atoms in total. The summed E-state index contributed by atoms with van der Waals surface area (Å²) in [6.07, 6.45) is 5.69. The summed E-state index contributed by atoms with van der Waals surface area (Å²) in [5.41, 5.74) is 2.21. The van der Waals surface area contributed by atoms with Crippen molar-refractivity contribution in [1.82, 2.24) is 20.0 Å². The van der Waals surface area contributed by atoms with E-state index in [1.54, 1.807) is 6.20 Å². The molecular weight excluding hydrogens is 348 g/mol. The van der Waals surface area contributed by atoms with Crippen LogP contribution in [0.2, 0.25) is 0 Å². The minimum atomic E-state index is -0.495. The maximum atomic E-state index is 10.7. The zero-order chi connectivity index (χ0) is 17.5. The van der Waals surface area contributed by atoms with Crippen molar-refractivity contribution in [2.45, 2.75) is 39.0 Å². The van der Waals surface area contributed by atoms with Crippen LogP contribution in [-0.2, 0) is 13.1 Å². The van der Waals surface area contributed by atoms with Gasteiger partial charge in [0.05, 0.1) is 12.3 Å². The molecule has 1 aliphatic rings. The van der Waals surface area contributed by atoms with E-state index in [4.69, 9.17) is 0 Å². The number of halogens is 1. The number of piperidine rings is 1. The lowest BCUT2D eigenvalue weighted by Gasteiger charge is -2.31. The molecule has 1 aromatic carbocycles. The molecule has 1 saturated heterocycles. The van der Waals surface area contributed by atoms with Gasteiger partial charge in [-0.05, 0) is 44.3 Å². The number of aliphatic hydroxyl groups is 1. The third-order valence-corrected chi connectivity index (χ3v) is 5.02. The highest BCUT2D eigenvalue weighted by molar-refractivity contribution is 5.85. The second-order valence-electron chi connectivity index (χ2n) is 7.02. The van der Waals surface area contributed by atoms with Crippen LogP contribution in [0.15, 0.2) is 42.7 Å². The van der Waals surface area contributed by atoms with Crippen molar-refractivity contribution in [3.05, 3.63) is 53.9 Å². The van der Waals surface area contributed by atoms with E-state index in [1.165, 1.54) is 18.4 Å². The van der Waals surface area contributed by atoms with E-state index in [0.29, 0.717) is 12.5 Å². The fourth-order valence-electron chi connectivity index (χ4n) is 3.55. The van der Waals surface area contributed by atoms with Gasteiger partial charge in [0.15, 0.2) is 0 Å². The first kappa shape index (κ1) is 20.9. The van der Waals surface area contributed by atoms with Gasteiger partial charge >= 0.3 is 0 Å². The lowest BCUT2D eigenvalue weighted by molar-refractivity contribution is 0.0938. The molecule has 0 aliphatic carbocycles. The number of hydrogen-bond donors (Lipinski definition) is 2. The summed E-state index contributed by atoms with van der Waals surface area (Å²) in [5, 5.41) is 18.4. The van der Waals surface area contributed by atoms with Crippen molar-refractivity contribution in [3.8, 4) is 0 Å². The van der Waals surface area contributed by atoms with Crippen LogP contribution in [0.3, 0.4) is 0 Å². The maximum Gasteiger partial charge on any atom is 0.0947 e. The molecule has 0 spiro atoms. The monoisotopic (exact) mass is 378 g/mol. The second kappa shape index (κ2) is 10.7. The lowest BCUT2D eigenvalue weighted by atomic mass is 9.97.